The second-order valence-corrected chi connectivity index (χ2v) is 3.39. The standard InChI is InChI=1S/C11H12F3NO2/c12-9-5-8(7-17)1-2-10(9)15(3-4-16)6-11(13)14/h1-2,5,7,11,16H,3-4,6H2. The third-order valence-corrected chi connectivity index (χ3v) is 2.18. The minimum Gasteiger partial charge on any atom is -0.395 e. The molecule has 0 saturated carbocycles. The van der Waals surface area contributed by atoms with E-state index in [4.69, 9.17) is 5.11 Å². The van der Waals surface area contributed by atoms with Crippen molar-refractivity contribution in [3.8, 4) is 0 Å². The Morgan fingerprint density at radius 1 is 1.41 bits per heavy atom. The van der Waals surface area contributed by atoms with Gasteiger partial charge in [-0.25, -0.2) is 13.2 Å². The van der Waals surface area contributed by atoms with Crippen LogP contribution in [0.2, 0.25) is 0 Å². The van der Waals surface area contributed by atoms with Gasteiger partial charge in [-0.2, -0.15) is 0 Å². The summed E-state index contributed by atoms with van der Waals surface area (Å²) in [4.78, 5) is 11.4. The van der Waals surface area contributed by atoms with E-state index >= 15 is 0 Å². The highest BCUT2D eigenvalue weighted by atomic mass is 19.3. The summed E-state index contributed by atoms with van der Waals surface area (Å²) in [5, 5.41) is 8.74. The van der Waals surface area contributed by atoms with Crippen LogP contribution in [0.4, 0.5) is 18.9 Å². The molecule has 17 heavy (non-hydrogen) atoms. The van der Waals surface area contributed by atoms with Crippen LogP contribution >= 0.6 is 0 Å². The van der Waals surface area contributed by atoms with E-state index in [0.717, 1.165) is 11.0 Å². The molecule has 0 aliphatic rings. The molecule has 3 nitrogen and oxygen atoms in total. The van der Waals surface area contributed by atoms with Crippen LogP contribution in [0.25, 0.3) is 0 Å². The first-order valence-corrected chi connectivity index (χ1v) is 4.97. The molecule has 6 heteroatoms. The molecule has 1 aromatic carbocycles. The second-order valence-electron chi connectivity index (χ2n) is 3.39. The van der Waals surface area contributed by atoms with Gasteiger partial charge in [0, 0.05) is 12.1 Å². The molecule has 1 rings (SSSR count). The van der Waals surface area contributed by atoms with E-state index in [9.17, 15) is 18.0 Å². The van der Waals surface area contributed by atoms with E-state index in [1.807, 2.05) is 0 Å². The molecule has 1 N–H and O–H groups in total. The third-order valence-electron chi connectivity index (χ3n) is 2.18. The average molecular weight is 247 g/mol. The van der Waals surface area contributed by atoms with Crippen molar-refractivity contribution in [3.63, 3.8) is 0 Å². The van der Waals surface area contributed by atoms with Crippen LogP contribution in [-0.4, -0.2) is 37.5 Å². The fraction of sp³-hybridized carbons (Fsp3) is 0.364. The maximum absolute atomic E-state index is 13.5. The first-order chi connectivity index (χ1) is 8.08. The molecule has 0 spiro atoms. The Balaban J connectivity index is 2.96. The van der Waals surface area contributed by atoms with Crippen molar-refractivity contribution in [2.24, 2.45) is 0 Å². The zero-order valence-corrected chi connectivity index (χ0v) is 8.94. The van der Waals surface area contributed by atoms with Crippen LogP contribution in [0.3, 0.4) is 0 Å². The fourth-order valence-electron chi connectivity index (χ4n) is 1.45. The largest absolute Gasteiger partial charge is 0.395 e. The summed E-state index contributed by atoms with van der Waals surface area (Å²) in [5.74, 6) is -0.760. The van der Waals surface area contributed by atoms with Gasteiger partial charge < -0.3 is 10.0 Å². The number of carbonyl (C=O) groups excluding carboxylic acids is 1. The number of carbonyl (C=O) groups is 1. The number of rotatable bonds is 6. The molecule has 0 fully saturated rings. The molecular formula is C11H12F3NO2. The smallest absolute Gasteiger partial charge is 0.255 e. The fourth-order valence-corrected chi connectivity index (χ4v) is 1.45. The van der Waals surface area contributed by atoms with Crippen LogP contribution in [0.15, 0.2) is 18.2 Å². The van der Waals surface area contributed by atoms with Crippen molar-refractivity contribution >= 4 is 12.0 Å². The van der Waals surface area contributed by atoms with Crippen molar-refractivity contribution < 1.29 is 23.1 Å². The van der Waals surface area contributed by atoms with E-state index in [0.29, 0.717) is 6.29 Å². The second kappa shape index (κ2) is 6.24. The SMILES string of the molecule is O=Cc1ccc(N(CCO)CC(F)F)c(F)c1. The summed E-state index contributed by atoms with van der Waals surface area (Å²) in [6, 6.07) is 3.55. The zero-order chi connectivity index (χ0) is 12.8. The lowest BCUT2D eigenvalue weighted by Crippen LogP contribution is -2.32. The highest BCUT2D eigenvalue weighted by Gasteiger charge is 2.16. The minimum atomic E-state index is -2.63. The van der Waals surface area contributed by atoms with Crippen molar-refractivity contribution in [1.82, 2.24) is 0 Å². The van der Waals surface area contributed by atoms with Crippen LogP contribution < -0.4 is 4.90 Å². The summed E-state index contributed by atoms with van der Waals surface area (Å²) < 4.78 is 38.1. The Hall–Kier alpha value is -1.56. The lowest BCUT2D eigenvalue weighted by atomic mass is 10.2. The lowest BCUT2D eigenvalue weighted by Gasteiger charge is -2.23. The molecule has 1 aromatic rings. The first kappa shape index (κ1) is 13.5. The van der Waals surface area contributed by atoms with Gasteiger partial charge in [-0.1, -0.05) is 0 Å². The molecule has 0 heterocycles. The predicted molar refractivity (Wildman–Crippen MR) is 57.1 cm³/mol. The van der Waals surface area contributed by atoms with Crippen LogP contribution in [0, 0.1) is 5.82 Å². The summed E-state index contributed by atoms with van der Waals surface area (Å²) >= 11 is 0. The molecule has 0 radical (unpaired) electrons. The quantitative estimate of drug-likeness (QED) is 0.778. The number of hydrogen-bond acceptors (Lipinski definition) is 3. The summed E-state index contributed by atoms with van der Waals surface area (Å²) in [6.07, 6.45) is -2.16. The van der Waals surface area contributed by atoms with Crippen molar-refractivity contribution in [2.75, 3.05) is 24.6 Å². The maximum Gasteiger partial charge on any atom is 0.255 e. The van der Waals surface area contributed by atoms with Gasteiger partial charge in [-0.3, -0.25) is 4.79 Å². The van der Waals surface area contributed by atoms with Gasteiger partial charge >= 0.3 is 0 Å². The average Bonchev–Trinajstić information content (AvgIpc) is 2.27. The molecular weight excluding hydrogens is 235 g/mol. The number of aldehydes is 1. The molecule has 0 unspecified atom stereocenters. The van der Waals surface area contributed by atoms with Gasteiger partial charge in [0.15, 0.2) is 0 Å². The number of nitrogens with zero attached hydrogens (tertiary/aromatic N) is 1. The number of anilines is 1. The number of halogens is 3. The Labute approximate surface area is 96.5 Å². The van der Waals surface area contributed by atoms with Crippen LogP contribution in [0.1, 0.15) is 10.4 Å². The van der Waals surface area contributed by atoms with Gasteiger partial charge in [0.2, 0.25) is 0 Å². The van der Waals surface area contributed by atoms with Crippen LogP contribution in [0.5, 0.6) is 0 Å². The number of aliphatic hydroxyl groups excluding tert-OH is 1. The van der Waals surface area contributed by atoms with Crippen molar-refractivity contribution in [2.45, 2.75) is 6.43 Å². The van der Waals surface area contributed by atoms with Crippen LogP contribution in [-0.2, 0) is 0 Å². The highest BCUT2D eigenvalue weighted by molar-refractivity contribution is 5.76. The van der Waals surface area contributed by atoms with E-state index < -0.39 is 18.8 Å². The molecule has 0 aliphatic carbocycles. The molecule has 0 atom stereocenters. The topological polar surface area (TPSA) is 40.5 Å². The number of hydrogen-bond donors (Lipinski definition) is 1. The summed E-state index contributed by atoms with van der Waals surface area (Å²) in [5.41, 5.74) is 0.0807. The molecule has 0 aliphatic heterocycles. The van der Waals surface area contributed by atoms with Crippen molar-refractivity contribution in [3.05, 3.63) is 29.6 Å². The highest BCUT2D eigenvalue weighted by Crippen LogP contribution is 2.20. The predicted octanol–water partition coefficient (Wildman–Crippen LogP) is 1.70. The monoisotopic (exact) mass is 247 g/mol. The molecule has 0 aromatic heterocycles. The molecule has 94 valence electrons. The molecule has 0 saturated heterocycles. The van der Waals surface area contributed by atoms with E-state index in [2.05, 4.69) is 0 Å². The van der Waals surface area contributed by atoms with Gasteiger partial charge in [0.25, 0.3) is 6.43 Å². The maximum atomic E-state index is 13.5. The minimum absolute atomic E-state index is 0.0510. The Morgan fingerprint density at radius 2 is 2.12 bits per heavy atom. The van der Waals surface area contributed by atoms with Crippen molar-refractivity contribution in [1.29, 1.82) is 0 Å². The lowest BCUT2D eigenvalue weighted by molar-refractivity contribution is 0.112. The number of benzene rings is 1. The Bertz CT molecular complexity index is 385. The summed E-state index contributed by atoms with van der Waals surface area (Å²) in [6.45, 7) is -1.12. The normalized spacial score (nSPS) is 10.6. The zero-order valence-electron chi connectivity index (χ0n) is 8.94. The third kappa shape index (κ3) is 3.74. The van der Waals surface area contributed by atoms with Gasteiger partial charge in [0.05, 0.1) is 18.8 Å². The van der Waals surface area contributed by atoms with Gasteiger partial charge in [-0.05, 0) is 18.2 Å². The van der Waals surface area contributed by atoms with Gasteiger partial charge in [0.1, 0.15) is 12.1 Å². The van der Waals surface area contributed by atoms with E-state index in [1.165, 1.54) is 12.1 Å². The summed E-state index contributed by atoms with van der Waals surface area (Å²) in [7, 11) is 0. The Kier molecular flexibility index (Phi) is 4.96. The Morgan fingerprint density at radius 3 is 2.59 bits per heavy atom. The molecule has 0 bridgehead atoms. The molecule has 0 amide bonds. The van der Waals surface area contributed by atoms with E-state index in [1.54, 1.807) is 0 Å². The number of alkyl halides is 2. The van der Waals surface area contributed by atoms with Gasteiger partial charge in [-0.15, -0.1) is 0 Å². The van der Waals surface area contributed by atoms with E-state index in [-0.39, 0.29) is 24.4 Å². The number of aliphatic hydroxyl groups is 1. The first-order valence-electron chi connectivity index (χ1n) is 4.97.